The summed E-state index contributed by atoms with van der Waals surface area (Å²) in [5.74, 6) is -0.308. The van der Waals surface area contributed by atoms with Crippen molar-refractivity contribution in [2.45, 2.75) is 20.4 Å². The number of nitrogens with zero attached hydrogens (tertiary/aromatic N) is 1. The summed E-state index contributed by atoms with van der Waals surface area (Å²) in [4.78, 5) is 27.3. The van der Waals surface area contributed by atoms with Crippen molar-refractivity contribution in [3.05, 3.63) is 57.3 Å². The second-order valence-electron chi connectivity index (χ2n) is 5.33. The third-order valence-corrected chi connectivity index (χ3v) is 4.33. The van der Waals surface area contributed by atoms with Gasteiger partial charge in [0.2, 0.25) is 5.91 Å². The first-order valence-electron chi connectivity index (χ1n) is 7.10. The lowest BCUT2D eigenvalue weighted by molar-refractivity contribution is -0.129. The lowest BCUT2D eigenvalue weighted by Crippen LogP contribution is -2.37. The molecule has 0 aliphatic heterocycles. The summed E-state index contributed by atoms with van der Waals surface area (Å²) in [5.41, 5.74) is 2.26. The Kier molecular flexibility index (Phi) is 5.33. The molecule has 0 aliphatic rings. The van der Waals surface area contributed by atoms with Crippen LogP contribution in [0.5, 0.6) is 0 Å². The van der Waals surface area contributed by atoms with Crippen LogP contribution in [0.25, 0.3) is 0 Å². The summed E-state index contributed by atoms with van der Waals surface area (Å²) in [6.45, 7) is 4.52. The van der Waals surface area contributed by atoms with E-state index in [9.17, 15) is 9.59 Å². The minimum Gasteiger partial charge on any atom is -0.342 e. The van der Waals surface area contributed by atoms with Gasteiger partial charge in [-0.1, -0.05) is 29.8 Å². The predicted molar refractivity (Wildman–Crippen MR) is 89.0 cm³/mol. The number of carbonyl (C=O) groups is 2. The fourth-order valence-corrected chi connectivity index (χ4v) is 2.77. The van der Waals surface area contributed by atoms with Gasteiger partial charge in [0.1, 0.15) is 0 Å². The minimum atomic E-state index is -0.199. The number of hydrogen-bond acceptors (Lipinski definition) is 3. The maximum atomic E-state index is 12.1. The summed E-state index contributed by atoms with van der Waals surface area (Å²) >= 11 is 1.42. The summed E-state index contributed by atoms with van der Waals surface area (Å²) in [6, 6.07) is 11.7. The average molecular weight is 316 g/mol. The number of aryl methyl sites for hydroxylation is 2. The molecular weight excluding hydrogens is 296 g/mol. The molecule has 1 aromatic carbocycles. The Morgan fingerprint density at radius 1 is 1.09 bits per heavy atom. The van der Waals surface area contributed by atoms with E-state index in [1.54, 1.807) is 18.0 Å². The molecule has 0 saturated carbocycles. The van der Waals surface area contributed by atoms with Crippen molar-refractivity contribution in [3.63, 3.8) is 0 Å². The van der Waals surface area contributed by atoms with Crippen molar-refractivity contribution < 1.29 is 9.59 Å². The highest BCUT2D eigenvalue weighted by molar-refractivity contribution is 7.13. The van der Waals surface area contributed by atoms with Crippen LogP contribution in [0.3, 0.4) is 0 Å². The Hall–Kier alpha value is -2.14. The number of amides is 2. The maximum absolute atomic E-state index is 12.1. The molecule has 5 heteroatoms. The molecule has 1 aromatic heterocycles. The van der Waals surface area contributed by atoms with Gasteiger partial charge in [0, 0.05) is 18.5 Å². The van der Waals surface area contributed by atoms with Gasteiger partial charge in [-0.25, -0.2) is 0 Å². The van der Waals surface area contributed by atoms with Crippen LogP contribution in [-0.2, 0) is 11.3 Å². The number of thiophene rings is 1. The third kappa shape index (κ3) is 4.43. The molecule has 0 saturated heterocycles. The molecule has 0 bridgehead atoms. The number of rotatable bonds is 5. The quantitative estimate of drug-likeness (QED) is 0.922. The molecule has 2 amide bonds. The van der Waals surface area contributed by atoms with Gasteiger partial charge in [0.05, 0.1) is 11.4 Å². The number of hydrogen-bond donors (Lipinski definition) is 1. The molecule has 2 rings (SSSR count). The monoisotopic (exact) mass is 316 g/mol. The number of carbonyl (C=O) groups excluding carboxylic acids is 2. The van der Waals surface area contributed by atoms with E-state index in [-0.39, 0.29) is 18.4 Å². The summed E-state index contributed by atoms with van der Waals surface area (Å²) in [5, 5.41) is 2.67. The summed E-state index contributed by atoms with van der Waals surface area (Å²) < 4.78 is 0. The van der Waals surface area contributed by atoms with Gasteiger partial charge in [-0.2, -0.15) is 0 Å². The van der Waals surface area contributed by atoms with E-state index in [4.69, 9.17) is 0 Å². The largest absolute Gasteiger partial charge is 0.342 e. The van der Waals surface area contributed by atoms with Crippen molar-refractivity contribution in [3.8, 4) is 0 Å². The van der Waals surface area contributed by atoms with E-state index in [1.807, 2.05) is 44.2 Å². The van der Waals surface area contributed by atoms with E-state index in [2.05, 4.69) is 5.32 Å². The van der Waals surface area contributed by atoms with Gasteiger partial charge in [-0.15, -0.1) is 11.3 Å². The molecule has 4 nitrogen and oxygen atoms in total. The Balaban J connectivity index is 1.83. The Bertz CT molecular complexity index is 662. The van der Waals surface area contributed by atoms with E-state index in [1.165, 1.54) is 16.9 Å². The lowest BCUT2D eigenvalue weighted by atomic mass is 10.1. The molecule has 0 spiro atoms. The highest BCUT2D eigenvalue weighted by Gasteiger charge is 2.13. The van der Waals surface area contributed by atoms with Crippen LogP contribution in [0.15, 0.2) is 36.4 Å². The van der Waals surface area contributed by atoms with Crippen LogP contribution in [0.1, 0.15) is 25.7 Å². The lowest BCUT2D eigenvalue weighted by Gasteiger charge is -2.17. The number of benzene rings is 1. The third-order valence-electron chi connectivity index (χ3n) is 3.33. The first-order valence-corrected chi connectivity index (χ1v) is 7.91. The molecule has 116 valence electrons. The molecule has 22 heavy (non-hydrogen) atoms. The first kappa shape index (κ1) is 16.2. The molecule has 1 heterocycles. The first-order chi connectivity index (χ1) is 10.5. The second kappa shape index (κ2) is 7.22. The zero-order valence-corrected chi connectivity index (χ0v) is 13.9. The van der Waals surface area contributed by atoms with Gasteiger partial charge in [-0.3, -0.25) is 9.59 Å². The Morgan fingerprint density at radius 2 is 1.77 bits per heavy atom. The van der Waals surface area contributed by atoms with Gasteiger partial charge in [0.25, 0.3) is 5.91 Å². The molecule has 1 N–H and O–H groups in total. The smallest absolute Gasteiger partial charge is 0.261 e. The van der Waals surface area contributed by atoms with E-state index < -0.39 is 0 Å². The topological polar surface area (TPSA) is 49.4 Å². The number of likely N-dealkylation sites (N-methyl/N-ethyl adjacent to an activating group) is 1. The van der Waals surface area contributed by atoms with Crippen LogP contribution in [-0.4, -0.2) is 30.3 Å². The highest BCUT2D eigenvalue weighted by atomic mass is 32.1. The van der Waals surface area contributed by atoms with E-state index >= 15 is 0 Å². The minimum absolute atomic E-state index is 0.0120. The second-order valence-corrected chi connectivity index (χ2v) is 6.62. The van der Waals surface area contributed by atoms with E-state index in [0.29, 0.717) is 11.4 Å². The van der Waals surface area contributed by atoms with Gasteiger partial charge in [0.15, 0.2) is 0 Å². The molecule has 0 fully saturated rings. The standard InChI is InChI=1S/C17H20N2O2S/c1-12-4-7-14(8-5-12)11-19(3)16(20)10-18-17(21)15-9-6-13(2)22-15/h4-9H,10-11H2,1-3H3,(H,18,21). The van der Waals surface area contributed by atoms with Crippen molar-refractivity contribution in [1.82, 2.24) is 10.2 Å². The van der Waals surface area contributed by atoms with Gasteiger partial charge in [-0.05, 0) is 31.5 Å². The van der Waals surface area contributed by atoms with Crippen LogP contribution in [0.4, 0.5) is 0 Å². The zero-order chi connectivity index (χ0) is 16.1. The fraction of sp³-hybridized carbons (Fsp3) is 0.294. The van der Waals surface area contributed by atoms with Gasteiger partial charge < -0.3 is 10.2 Å². The summed E-state index contributed by atoms with van der Waals surface area (Å²) in [6.07, 6.45) is 0. The molecule has 0 radical (unpaired) electrons. The van der Waals surface area contributed by atoms with Crippen molar-refractivity contribution >= 4 is 23.2 Å². The Labute approximate surface area is 134 Å². The molecule has 0 aliphatic carbocycles. The predicted octanol–water partition coefficient (Wildman–Crippen LogP) is 2.75. The maximum Gasteiger partial charge on any atom is 0.261 e. The van der Waals surface area contributed by atoms with Crippen molar-refractivity contribution in [2.24, 2.45) is 0 Å². The number of nitrogens with one attached hydrogen (secondary N) is 1. The summed E-state index contributed by atoms with van der Waals surface area (Å²) in [7, 11) is 1.74. The molecule has 0 atom stereocenters. The average Bonchev–Trinajstić information content (AvgIpc) is 2.93. The molecule has 2 aromatic rings. The van der Waals surface area contributed by atoms with Crippen molar-refractivity contribution in [1.29, 1.82) is 0 Å². The van der Waals surface area contributed by atoms with Crippen LogP contribution >= 0.6 is 11.3 Å². The van der Waals surface area contributed by atoms with Crippen LogP contribution < -0.4 is 5.32 Å². The SMILES string of the molecule is Cc1ccc(CN(C)C(=O)CNC(=O)c2ccc(C)s2)cc1. The highest BCUT2D eigenvalue weighted by Crippen LogP contribution is 2.14. The van der Waals surface area contributed by atoms with Gasteiger partial charge >= 0.3 is 0 Å². The van der Waals surface area contributed by atoms with Crippen molar-refractivity contribution in [2.75, 3.05) is 13.6 Å². The van der Waals surface area contributed by atoms with Crippen LogP contribution in [0.2, 0.25) is 0 Å². The fourth-order valence-electron chi connectivity index (χ4n) is 1.99. The zero-order valence-electron chi connectivity index (χ0n) is 13.1. The van der Waals surface area contributed by atoms with Crippen LogP contribution in [0, 0.1) is 13.8 Å². The van der Waals surface area contributed by atoms with E-state index in [0.717, 1.165) is 10.4 Å². The normalized spacial score (nSPS) is 10.3. The molecule has 0 unspecified atom stereocenters. The molecular formula is C17H20N2O2S. The Morgan fingerprint density at radius 3 is 2.36 bits per heavy atom.